The average molecular weight is 381 g/mol. The van der Waals surface area contributed by atoms with Gasteiger partial charge in [0.25, 0.3) is 0 Å². The van der Waals surface area contributed by atoms with Crippen LogP contribution in [0.15, 0.2) is 53.4 Å². The van der Waals surface area contributed by atoms with E-state index in [-0.39, 0.29) is 13.1 Å². The molecule has 2 aromatic rings. The second-order valence-corrected chi connectivity index (χ2v) is 6.73. The molecule has 0 saturated heterocycles. The molecule has 0 unspecified atom stereocenters. The minimum absolute atomic E-state index is 0.0212. The number of halogens is 3. The van der Waals surface area contributed by atoms with Gasteiger partial charge in [-0.25, -0.2) is 0 Å². The van der Waals surface area contributed by atoms with Crippen LogP contribution < -0.4 is 0 Å². The molecule has 26 heavy (non-hydrogen) atoms. The standard InChI is InChI=1S/C18H16F3NOS.C2H6/c19-18(20,21)17(23)22-9-8-14-6-7-16(10-15(14)11-22)24-12-13-4-2-1-3-5-13;1-2/h1-7,10H,8-9,11-12H2;1-2H3. The molecule has 0 fully saturated rings. The van der Waals surface area contributed by atoms with E-state index in [2.05, 4.69) is 0 Å². The number of alkyl halides is 3. The lowest BCUT2D eigenvalue weighted by molar-refractivity contribution is -0.186. The number of fused-ring (bicyclic) bond motifs is 1. The zero-order chi connectivity index (χ0) is 19.2. The molecule has 1 aliphatic heterocycles. The zero-order valence-electron chi connectivity index (χ0n) is 14.8. The van der Waals surface area contributed by atoms with Crippen LogP contribution in [0.3, 0.4) is 0 Å². The lowest BCUT2D eigenvalue weighted by Crippen LogP contribution is -2.43. The Kier molecular flexibility index (Phi) is 7.14. The molecule has 0 aliphatic carbocycles. The summed E-state index contributed by atoms with van der Waals surface area (Å²) in [4.78, 5) is 13.3. The number of carbonyl (C=O) groups is 1. The molecule has 0 spiro atoms. The molecule has 1 heterocycles. The maximum Gasteiger partial charge on any atom is 0.471 e. The van der Waals surface area contributed by atoms with E-state index in [0.29, 0.717) is 6.42 Å². The second-order valence-electron chi connectivity index (χ2n) is 5.68. The van der Waals surface area contributed by atoms with Crippen LogP contribution >= 0.6 is 11.8 Å². The van der Waals surface area contributed by atoms with Gasteiger partial charge < -0.3 is 4.90 Å². The van der Waals surface area contributed by atoms with Crippen LogP contribution in [0.25, 0.3) is 0 Å². The van der Waals surface area contributed by atoms with Crippen molar-refractivity contribution in [2.45, 2.75) is 43.6 Å². The molecule has 140 valence electrons. The van der Waals surface area contributed by atoms with Crippen molar-refractivity contribution in [3.8, 4) is 0 Å². The SMILES string of the molecule is CC.O=C(N1CCc2ccc(SCc3ccccc3)cc2C1)C(F)(F)F. The lowest BCUT2D eigenvalue weighted by Gasteiger charge is -2.29. The molecule has 2 nitrogen and oxygen atoms in total. The van der Waals surface area contributed by atoms with Gasteiger partial charge in [0.15, 0.2) is 0 Å². The Hall–Kier alpha value is -1.95. The molecular weight excluding hydrogens is 359 g/mol. The molecule has 3 rings (SSSR count). The third kappa shape index (κ3) is 5.27. The van der Waals surface area contributed by atoms with Crippen LogP contribution in [0.4, 0.5) is 13.2 Å². The van der Waals surface area contributed by atoms with Crippen LogP contribution in [0.1, 0.15) is 30.5 Å². The second kappa shape index (κ2) is 9.12. The smallest absolute Gasteiger partial charge is 0.330 e. The lowest BCUT2D eigenvalue weighted by atomic mass is 10.00. The zero-order valence-corrected chi connectivity index (χ0v) is 15.7. The van der Waals surface area contributed by atoms with Crippen molar-refractivity contribution in [3.63, 3.8) is 0 Å². The summed E-state index contributed by atoms with van der Waals surface area (Å²) in [5, 5.41) is 0. The topological polar surface area (TPSA) is 20.3 Å². The van der Waals surface area contributed by atoms with Gasteiger partial charge in [0.2, 0.25) is 0 Å². The number of hydrogen-bond acceptors (Lipinski definition) is 2. The fraction of sp³-hybridized carbons (Fsp3) is 0.350. The number of hydrogen-bond donors (Lipinski definition) is 0. The first-order valence-corrected chi connectivity index (χ1v) is 9.56. The van der Waals surface area contributed by atoms with E-state index < -0.39 is 12.1 Å². The van der Waals surface area contributed by atoms with Crippen LogP contribution in [-0.4, -0.2) is 23.5 Å². The van der Waals surface area contributed by atoms with Gasteiger partial charge in [-0.05, 0) is 35.2 Å². The molecule has 0 atom stereocenters. The van der Waals surface area contributed by atoms with Gasteiger partial charge in [-0.15, -0.1) is 11.8 Å². The van der Waals surface area contributed by atoms with E-state index >= 15 is 0 Å². The summed E-state index contributed by atoms with van der Waals surface area (Å²) >= 11 is 1.64. The van der Waals surface area contributed by atoms with Gasteiger partial charge in [0, 0.05) is 23.7 Å². The fourth-order valence-electron chi connectivity index (χ4n) is 2.72. The summed E-state index contributed by atoms with van der Waals surface area (Å²) < 4.78 is 37.8. The summed E-state index contributed by atoms with van der Waals surface area (Å²) in [6, 6.07) is 15.8. The largest absolute Gasteiger partial charge is 0.471 e. The summed E-state index contributed by atoms with van der Waals surface area (Å²) in [5.74, 6) is -0.958. The first kappa shape index (κ1) is 20.4. The van der Waals surface area contributed by atoms with E-state index in [9.17, 15) is 18.0 Å². The van der Waals surface area contributed by atoms with Gasteiger partial charge in [-0.2, -0.15) is 13.2 Å². The van der Waals surface area contributed by atoms with Crippen molar-refractivity contribution in [1.29, 1.82) is 0 Å². The maximum absolute atomic E-state index is 12.6. The van der Waals surface area contributed by atoms with Crippen molar-refractivity contribution in [2.24, 2.45) is 0 Å². The molecule has 0 radical (unpaired) electrons. The number of amides is 1. The van der Waals surface area contributed by atoms with Crippen LogP contribution in [0.2, 0.25) is 0 Å². The van der Waals surface area contributed by atoms with Gasteiger partial charge >= 0.3 is 12.1 Å². The summed E-state index contributed by atoms with van der Waals surface area (Å²) in [7, 11) is 0. The third-order valence-corrected chi connectivity index (χ3v) is 5.03. The molecule has 1 aliphatic rings. The number of nitrogens with zero attached hydrogens (tertiary/aromatic N) is 1. The van der Waals surface area contributed by atoms with Crippen LogP contribution in [0.5, 0.6) is 0 Å². The quantitative estimate of drug-likeness (QED) is 0.659. The normalized spacial score (nSPS) is 13.5. The Balaban J connectivity index is 0.00000117. The first-order chi connectivity index (χ1) is 12.4. The highest BCUT2D eigenvalue weighted by molar-refractivity contribution is 7.98. The molecule has 6 heteroatoms. The molecule has 0 bridgehead atoms. The molecule has 0 aromatic heterocycles. The Labute approximate surface area is 156 Å². The number of thioether (sulfide) groups is 1. The maximum atomic E-state index is 12.6. The Morgan fingerprint density at radius 3 is 2.42 bits per heavy atom. The van der Waals surface area contributed by atoms with E-state index in [1.165, 1.54) is 5.56 Å². The van der Waals surface area contributed by atoms with Gasteiger partial charge in [-0.1, -0.05) is 50.2 Å². The molecule has 0 N–H and O–H groups in total. The Bertz CT molecular complexity index is 732. The highest BCUT2D eigenvalue weighted by Crippen LogP contribution is 2.29. The van der Waals surface area contributed by atoms with E-state index in [1.807, 2.05) is 62.4 Å². The Morgan fingerprint density at radius 1 is 1.08 bits per heavy atom. The van der Waals surface area contributed by atoms with E-state index in [4.69, 9.17) is 0 Å². The monoisotopic (exact) mass is 381 g/mol. The predicted octanol–water partition coefficient (Wildman–Crippen LogP) is 5.45. The minimum Gasteiger partial charge on any atom is -0.330 e. The van der Waals surface area contributed by atoms with Gasteiger partial charge in [0.05, 0.1) is 0 Å². The van der Waals surface area contributed by atoms with Crippen LogP contribution in [0, 0.1) is 0 Å². The van der Waals surface area contributed by atoms with E-state index in [0.717, 1.165) is 26.7 Å². The number of carbonyl (C=O) groups excluding carboxylic acids is 1. The highest BCUT2D eigenvalue weighted by atomic mass is 32.2. The van der Waals surface area contributed by atoms with Crippen molar-refractivity contribution >= 4 is 17.7 Å². The van der Waals surface area contributed by atoms with Crippen molar-refractivity contribution in [2.75, 3.05) is 6.54 Å². The average Bonchev–Trinajstić information content (AvgIpc) is 2.67. The van der Waals surface area contributed by atoms with Crippen molar-refractivity contribution in [1.82, 2.24) is 4.90 Å². The van der Waals surface area contributed by atoms with Gasteiger partial charge in [-0.3, -0.25) is 4.79 Å². The van der Waals surface area contributed by atoms with Crippen LogP contribution in [-0.2, 0) is 23.5 Å². The number of rotatable bonds is 3. The molecule has 2 aromatic carbocycles. The summed E-state index contributed by atoms with van der Waals surface area (Å²) in [6.07, 6.45) is -4.35. The summed E-state index contributed by atoms with van der Waals surface area (Å²) in [6.45, 7) is 4.13. The van der Waals surface area contributed by atoms with Gasteiger partial charge in [0.1, 0.15) is 0 Å². The molecular formula is C20H22F3NOS. The minimum atomic E-state index is -4.81. The summed E-state index contributed by atoms with van der Waals surface area (Å²) in [5.41, 5.74) is 3.01. The molecule has 0 saturated carbocycles. The van der Waals surface area contributed by atoms with E-state index in [1.54, 1.807) is 11.8 Å². The van der Waals surface area contributed by atoms with Crippen molar-refractivity contribution in [3.05, 3.63) is 65.2 Å². The van der Waals surface area contributed by atoms with Crippen molar-refractivity contribution < 1.29 is 18.0 Å². The Morgan fingerprint density at radius 2 is 1.77 bits per heavy atom. The fourth-order valence-corrected chi connectivity index (χ4v) is 3.63. The third-order valence-electron chi connectivity index (χ3n) is 3.97. The molecule has 1 amide bonds. The predicted molar refractivity (Wildman–Crippen MR) is 99.0 cm³/mol. The highest BCUT2D eigenvalue weighted by Gasteiger charge is 2.43. The first-order valence-electron chi connectivity index (χ1n) is 8.58. The number of benzene rings is 2.